The Balaban J connectivity index is 1.86. The normalized spacial score (nSPS) is 11.8. The predicted octanol–water partition coefficient (Wildman–Crippen LogP) is 3.37. The molecule has 0 aliphatic heterocycles. The molecule has 0 fully saturated rings. The Hall–Kier alpha value is -3.08. The molecule has 3 rings (SSSR count). The van der Waals surface area contributed by atoms with E-state index in [0.717, 1.165) is 12.1 Å². The van der Waals surface area contributed by atoms with Gasteiger partial charge >= 0.3 is 0 Å². The van der Waals surface area contributed by atoms with Crippen molar-refractivity contribution in [2.45, 2.75) is 39.7 Å². The van der Waals surface area contributed by atoms with Gasteiger partial charge in [0.25, 0.3) is 0 Å². The minimum absolute atomic E-state index is 0.0843. The van der Waals surface area contributed by atoms with Crippen LogP contribution >= 0.6 is 0 Å². The van der Waals surface area contributed by atoms with Gasteiger partial charge in [0, 0.05) is 24.9 Å². The Morgan fingerprint density at radius 2 is 2.03 bits per heavy atom. The van der Waals surface area contributed by atoms with Gasteiger partial charge in [0.2, 0.25) is 15.9 Å². The maximum Gasteiger partial charge on any atom is 0.235 e. The first-order valence-electron chi connectivity index (χ1n) is 9.62. The number of benzene rings is 1. The van der Waals surface area contributed by atoms with Crippen LogP contribution in [0.2, 0.25) is 0 Å². The maximum atomic E-state index is 14.8. The molecule has 0 saturated heterocycles. The molecule has 0 saturated carbocycles. The number of fused-ring (bicyclic) bond motifs is 1. The topological polar surface area (TPSA) is 103 Å². The number of ketones is 1. The first kappa shape index (κ1) is 22.6. The van der Waals surface area contributed by atoms with E-state index in [2.05, 4.69) is 14.8 Å². The van der Waals surface area contributed by atoms with E-state index in [4.69, 9.17) is 4.74 Å². The number of carbonyl (C=O) groups excluding carboxylic acids is 1. The molecule has 0 bridgehead atoms. The van der Waals surface area contributed by atoms with Crippen LogP contribution in [-0.2, 0) is 16.4 Å². The van der Waals surface area contributed by atoms with Crippen molar-refractivity contribution in [3.8, 4) is 5.88 Å². The van der Waals surface area contributed by atoms with Gasteiger partial charge in [-0.2, -0.15) is 0 Å². The molecule has 1 N–H and O–H groups in total. The third-order valence-electron chi connectivity index (χ3n) is 4.17. The number of hydrogen-bond donors (Lipinski definition) is 1. The zero-order valence-electron chi connectivity index (χ0n) is 17.2. The number of ether oxygens (including phenoxy) is 1. The summed E-state index contributed by atoms with van der Waals surface area (Å²) in [4.78, 5) is 16.8. The molecule has 0 aliphatic rings. The van der Waals surface area contributed by atoms with Crippen LogP contribution in [0.15, 0.2) is 30.6 Å². The van der Waals surface area contributed by atoms with Crippen molar-refractivity contribution in [3.63, 3.8) is 0 Å². The summed E-state index contributed by atoms with van der Waals surface area (Å²) >= 11 is 0. The molecule has 0 spiro atoms. The number of nitrogens with one attached hydrogen (secondary N) is 1. The molecule has 2 heterocycles. The predicted molar refractivity (Wildman–Crippen MR) is 111 cm³/mol. The smallest absolute Gasteiger partial charge is 0.235 e. The number of sulfonamides is 1. The highest BCUT2D eigenvalue weighted by molar-refractivity contribution is 7.92. The molecular weight excluding hydrogens is 430 g/mol. The standard InChI is InChI=1S/C20H22F2N4O4S/c1-4-7-31(28,29)25-15-6-5-14(21)19(20(15)22)16(27)8-13-10-23-17-9-18(30-12(2)3)24-26(17)11-13/h5-6,9-12,25H,4,7-8H2,1-3H3. The number of nitrogens with zero attached hydrogens (tertiary/aromatic N) is 3. The van der Waals surface area contributed by atoms with E-state index < -0.39 is 38.7 Å². The molecular formula is C20H22F2N4O4S. The summed E-state index contributed by atoms with van der Waals surface area (Å²) in [7, 11) is -3.81. The van der Waals surface area contributed by atoms with E-state index in [1.165, 1.54) is 16.9 Å². The van der Waals surface area contributed by atoms with Crippen LogP contribution in [0.5, 0.6) is 5.88 Å². The summed E-state index contributed by atoms with van der Waals surface area (Å²) in [5.41, 5.74) is -0.445. The van der Waals surface area contributed by atoms with E-state index >= 15 is 0 Å². The maximum absolute atomic E-state index is 14.8. The summed E-state index contributed by atoms with van der Waals surface area (Å²) in [6.07, 6.45) is 2.78. The first-order chi connectivity index (χ1) is 14.6. The van der Waals surface area contributed by atoms with Crippen LogP contribution < -0.4 is 9.46 Å². The number of anilines is 1. The second-order valence-electron chi connectivity index (χ2n) is 7.22. The lowest BCUT2D eigenvalue weighted by atomic mass is 10.0. The number of hydrogen-bond acceptors (Lipinski definition) is 6. The number of carbonyl (C=O) groups is 1. The Kier molecular flexibility index (Phi) is 6.54. The Labute approximate surface area is 178 Å². The molecule has 0 atom stereocenters. The highest BCUT2D eigenvalue weighted by atomic mass is 32.2. The fourth-order valence-corrected chi connectivity index (χ4v) is 4.06. The van der Waals surface area contributed by atoms with E-state index in [9.17, 15) is 22.0 Å². The van der Waals surface area contributed by atoms with Crippen molar-refractivity contribution in [1.82, 2.24) is 14.6 Å². The summed E-state index contributed by atoms with van der Waals surface area (Å²) in [5.74, 6) is -3.08. The average Bonchev–Trinajstić information content (AvgIpc) is 3.04. The van der Waals surface area contributed by atoms with Crippen molar-refractivity contribution in [2.75, 3.05) is 10.5 Å². The minimum atomic E-state index is -3.81. The number of aromatic nitrogens is 3. The summed E-state index contributed by atoms with van der Waals surface area (Å²) in [6.45, 7) is 5.35. The van der Waals surface area contributed by atoms with Gasteiger partial charge in [-0.15, -0.1) is 5.10 Å². The van der Waals surface area contributed by atoms with Gasteiger partial charge in [0.05, 0.1) is 23.1 Å². The van der Waals surface area contributed by atoms with Crippen molar-refractivity contribution >= 4 is 27.1 Å². The van der Waals surface area contributed by atoms with Gasteiger partial charge in [-0.3, -0.25) is 9.52 Å². The third-order valence-corrected chi connectivity index (χ3v) is 5.65. The molecule has 2 aromatic heterocycles. The monoisotopic (exact) mass is 452 g/mol. The molecule has 3 aromatic rings. The number of halogens is 2. The van der Waals surface area contributed by atoms with Crippen LogP contribution in [0.25, 0.3) is 5.65 Å². The molecule has 0 unspecified atom stereocenters. The Morgan fingerprint density at radius 3 is 2.71 bits per heavy atom. The second kappa shape index (κ2) is 8.96. The lowest BCUT2D eigenvalue weighted by Gasteiger charge is -2.11. The molecule has 0 amide bonds. The molecule has 0 radical (unpaired) electrons. The van der Waals surface area contributed by atoms with E-state index in [1.54, 1.807) is 13.0 Å². The molecule has 8 nitrogen and oxygen atoms in total. The van der Waals surface area contributed by atoms with E-state index in [0.29, 0.717) is 23.5 Å². The minimum Gasteiger partial charge on any atom is -0.474 e. The zero-order valence-corrected chi connectivity index (χ0v) is 18.0. The van der Waals surface area contributed by atoms with Crippen LogP contribution in [0.3, 0.4) is 0 Å². The van der Waals surface area contributed by atoms with Gasteiger partial charge in [-0.25, -0.2) is 26.7 Å². The Morgan fingerprint density at radius 1 is 1.29 bits per heavy atom. The zero-order chi connectivity index (χ0) is 22.8. The molecule has 1 aromatic carbocycles. The first-order valence-corrected chi connectivity index (χ1v) is 11.3. The fourth-order valence-electron chi connectivity index (χ4n) is 2.93. The van der Waals surface area contributed by atoms with Crippen molar-refractivity contribution in [2.24, 2.45) is 0 Å². The molecule has 166 valence electrons. The van der Waals surface area contributed by atoms with Gasteiger partial charge < -0.3 is 4.74 Å². The fraction of sp³-hybridized carbons (Fsp3) is 0.350. The van der Waals surface area contributed by atoms with Gasteiger partial charge in [0.1, 0.15) is 5.82 Å². The van der Waals surface area contributed by atoms with Crippen LogP contribution in [0.1, 0.15) is 43.1 Å². The summed E-state index contributed by atoms with van der Waals surface area (Å²) < 4.78 is 61.8. The van der Waals surface area contributed by atoms with Crippen molar-refractivity contribution in [1.29, 1.82) is 0 Å². The summed E-state index contributed by atoms with van der Waals surface area (Å²) in [6, 6.07) is 3.42. The molecule has 11 heteroatoms. The lowest BCUT2D eigenvalue weighted by molar-refractivity contribution is 0.0984. The van der Waals surface area contributed by atoms with E-state index in [-0.39, 0.29) is 18.3 Å². The van der Waals surface area contributed by atoms with Gasteiger partial charge in [-0.1, -0.05) is 6.92 Å². The van der Waals surface area contributed by atoms with E-state index in [1.807, 2.05) is 13.8 Å². The number of Topliss-reactive ketones (excluding diaryl/α,β-unsaturated/α-hetero) is 1. The lowest BCUT2D eigenvalue weighted by Crippen LogP contribution is -2.19. The van der Waals surface area contributed by atoms with Crippen LogP contribution in [0.4, 0.5) is 14.5 Å². The third kappa shape index (κ3) is 5.35. The molecule has 0 aliphatic carbocycles. The highest BCUT2D eigenvalue weighted by Gasteiger charge is 2.23. The Bertz CT molecular complexity index is 1230. The average molecular weight is 452 g/mol. The summed E-state index contributed by atoms with van der Waals surface area (Å²) in [5, 5.41) is 4.20. The van der Waals surface area contributed by atoms with Crippen LogP contribution in [-0.4, -0.2) is 40.7 Å². The SMILES string of the molecule is CCCS(=O)(=O)Nc1ccc(F)c(C(=O)Cc2cnc3cc(OC(C)C)nn3c2)c1F. The van der Waals surface area contributed by atoms with Crippen molar-refractivity contribution in [3.05, 3.63) is 53.4 Å². The second-order valence-corrected chi connectivity index (χ2v) is 9.06. The number of rotatable bonds is 9. The van der Waals surface area contributed by atoms with Crippen LogP contribution in [0, 0.1) is 11.6 Å². The largest absolute Gasteiger partial charge is 0.474 e. The van der Waals surface area contributed by atoms with Crippen molar-refractivity contribution < 1.29 is 26.7 Å². The van der Waals surface area contributed by atoms with Gasteiger partial charge in [-0.05, 0) is 38.0 Å². The highest BCUT2D eigenvalue weighted by Crippen LogP contribution is 2.24. The van der Waals surface area contributed by atoms with Gasteiger partial charge in [0.15, 0.2) is 17.2 Å². The molecule has 31 heavy (non-hydrogen) atoms. The quantitative estimate of drug-likeness (QED) is 0.500.